The highest BCUT2D eigenvalue weighted by Gasteiger charge is 2.33. The van der Waals surface area contributed by atoms with Crippen molar-refractivity contribution in [3.8, 4) is 0 Å². The topological polar surface area (TPSA) is 75.3 Å². The number of nitrogens with zero attached hydrogens (tertiary/aromatic N) is 8. The van der Waals surface area contributed by atoms with Crippen molar-refractivity contribution < 1.29 is 0 Å². The second-order valence-electron chi connectivity index (χ2n) is 8.98. The molecular weight excluding hydrogens is 352 g/mol. The van der Waals surface area contributed by atoms with Gasteiger partial charge in [0.25, 0.3) is 0 Å². The molecule has 28 heavy (non-hydrogen) atoms. The molecule has 0 unspecified atom stereocenters. The van der Waals surface area contributed by atoms with E-state index >= 15 is 0 Å². The highest BCUT2D eigenvalue weighted by Crippen LogP contribution is 2.39. The van der Waals surface area contributed by atoms with Gasteiger partial charge in [-0.05, 0) is 25.0 Å². The van der Waals surface area contributed by atoms with Gasteiger partial charge < -0.3 is 9.80 Å². The van der Waals surface area contributed by atoms with Gasteiger partial charge in [-0.2, -0.15) is 4.52 Å². The van der Waals surface area contributed by atoms with E-state index in [0.717, 1.165) is 36.2 Å². The van der Waals surface area contributed by atoms with E-state index in [4.69, 9.17) is 5.10 Å². The van der Waals surface area contributed by atoms with Crippen molar-refractivity contribution in [3.05, 3.63) is 36.0 Å². The van der Waals surface area contributed by atoms with Gasteiger partial charge >= 0.3 is 0 Å². The Hall–Kier alpha value is -2.77. The molecule has 1 saturated heterocycles. The van der Waals surface area contributed by atoms with E-state index in [1.54, 1.807) is 6.33 Å². The maximum absolute atomic E-state index is 4.81. The summed E-state index contributed by atoms with van der Waals surface area (Å²) in [5.41, 5.74) is 1.87. The third-order valence-corrected chi connectivity index (χ3v) is 5.68. The van der Waals surface area contributed by atoms with Crippen molar-refractivity contribution in [2.24, 2.45) is 0 Å². The van der Waals surface area contributed by atoms with Crippen LogP contribution in [0.3, 0.4) is 0 Å². The molecule has 1 aliphatic carbocycles. The molecule has 0 atom stereocenters. The minimum Gasteiger partial charge on any atom is -0.353 e. The van der Waals surface area contributed by atoms with Gasteiger partial charge in [0.1, 0.15) is 18.0 Å². The molecule has 0 spiro atoms. The summed E-state index contributed by atoms with van der Waals surface area (Å²) < 4.78 is 1.87. The Morgan fingerprint density at radius 3 is 2.57 bits per heavy atom. The van der Waals surface area contributed by atoms with E-state index in [9.17, 15) is 0 Å². The van der Waals surface area contributed by atoms with Gasteiger partial charge in [0, 0.05) is 43.2 Å². The predicted molar refractivity (Wildman–Crippen MR) is 108 cm³/mol. The summed E-state index contributed by atoms with van der Waals surface area (Å²) in [6.45, 7) is 8.23. The molecule has 3 aromatic heterocycles. The quantitative estimate of drug-likeness (QED) is 0.690. The Morgan fingerprint density at radius 1 is 1.07 bits per heavy atom. The highest BCUT2D eigenvalue weighted by atomic mass is 15.4. The summed E-state index contributed by atoms with van der Waals surface area (Å²) in [4.78, 5) is 13.5. The zero-order valence-corrected chi connectivity index (χ0v) is 16.9. The van der Waals surface area contributed by atoms with Gasteiger partial charge in [-0.15, -0.1) is 15.3 Å². The molecule has 8 heteroatoms. The summed E-state index contributed by atoms with van der Waals surface area (Å²) in [5, 5.41) is 13.4. The summed E-state index contributed by atoms with van der Waals surface area (Å²) in [6.07, 6.45) is 4.21. The molecule has 5 rings (SSSR count). The summed E-state index contributed by atoms with van der Waals surface area (Å²) in [7, 11) is 2.12. The van der Waals surface area contributed by atoms with Crippen LogP contribution < -0.4 is 9.80 Å². The predicted octanol–water partition coefficient (Wildman–Crippen LogP) is 2.41. The smallest absolute Gasteiger partial charge is 0.178 e. The standard InChI is InChI=1S/C20H26N8/c1-20(2,3)19-24-23-16-7-8-17(25-28(16)19)27-10-14(11-27)26(4)18-9-15(13-5-6-13)21-12-22-18/h7-9,12-14H,5-6,10-11H2,1-4H3. The van der Waals surface area contributed by atoms with E-state index in [0.29, 0.717) is 12.0 Å². The minimum absolute atomic E-state index is 0.102. The van der Waals surface area contributed by atoms with Crippen molar-refractivity contribution in [1.29, 1.82) is 0 Å². The lowest BCUT2D eigenvalue weighted by atomic mass is 9.96. The average molecular weight is 378 g/mol. The van der Waals surface area contributed by atoms with Crippen LogP contribution in [0.5, 0.6) is 0 Å². The molecule has 0 radical (unpaired) electrons. The second-order valence-corrected chi connectivity index (χ2v) is 8.98. The first-order valence-electron chi connectivity index (χ1n) is 9.93. The molecule has 3 aromatic rings. The molecule has 8 nitrogen and oxygen atoms in total. The lowest BCUT2D eigenvalue weighted by Gasteiger charge is -2.45. The fourth-order valence-corrected chi connectivity index (χ4v) is 3.65. The normalized spacial score (nSPS) is 17.8. The Balaban J connectivity index is 1.32. The lowest BCUT2D eigenvalue weighted by Crippen LogP contribution is -2.59. The number of fused-ring (bicyclic) bond motifs is 1. The van der Waals surface area contributed by atoms with Crippen LogP contribution in [-0.4, -0.2) is 56.0 Å². The first-order chi connectivity index (χ1) is 13.4. The van der Waals surface area contributed by atoms with Crippen molar-refractivity contribution in [2.45, 2.75) is 51.0 Å². The molecule has 146 valence electrons. The Morgan fingerprint density at radius 2 is 1.86 bits per heavy atom. The van der Waals surface area contributed by atoms with Crippen LogP contribution in [0.1, 0.15) is 51.0 Å². The van der Waals surface area contributed by atoms with E-state index in [2.05, 4.69) is 63.9 Å². The van der Waals surface area contributed by atoms with Crippen LogP contribution in [0.25, 0.3) is 5.65 Å². The number of hydrogen-bond donors (Lipinski definition) is 0. The third-order valence-electron chi connectivity index (χ3n) is 5.68. The maximum atomic E-state index is 4.81. The summed E-state index contributed by atoms with van der Waals surface area (Å²) >= 11 is 0. The van der Waals surface area contributed by atoms with Crippen LogP contribution in [-0.2, 0) is 5.41 Å². The van der Waals surface area contributed by atoms with Gasteiger partial charge in [-0.3, -0.25) is 0 Å². The summed E-state index contributed by atoms with van der Waals surface area (Å²) in [5.74, 6) is 3.50. The third kappa shape index (κ3) is 2.96. The lowest BCUT2D eigenvalue weighted by molar-refractivity contribution is 0.482. The molecule has 0 N–H and O–H groups in total. The molecule has 1 aliphatic heterocycles. The minimum atomic E-state index is -0.102. The monoisotopic (exact) mass is 378 g/mol. The van der Waals surface area contributed by atoms with E-state index < -0.39 is 0 Å². The highest BCUT2D eigenvalue weighted by molar-refractivity contribution is 5.51. The Kier molecular flexibility index (Phi) is 3.79. The van der Waals surface area contributed by atoms with Crippen LogP contribution >= 0.6 is 0 Å². The zero-order valence-electron chi connectivity index (χ0n) is 16.9. The van der Waals surface area contributed by atoms with E-state index in [-0.39, 0.29) is 5.41 Å². The zero-order chi connectivity index (χ0) is 19.5. The molecule has 0 amide bonds. The number of hydrogen-bond acceptors (Lipinski definition) is 7. The van der Waals surface area contributed by atoms with Crippen LogP contribution in [0.2, 0.25) is 0 Å². The Bertz CT molecular complexity index is 1010. The number of likely N-dealkylation sites (N-methyl/N-ethyl adjacent to an activating group) is 1. The van der Waals surface area contributed by atoms with Crippen molar-refractivity contribution >= 4 is 17.3 Å². The van der Waals surface area contributed by atoms with Gasteiger partial charge in [0.05, 0.1) is 6.04 Å². The van der Waals surface area contributed by atoms with Crippen LogP contribution in [0, 0.1) is 0 Å². The van der Waals surface area contributed by atoms with Crippen LogP contribution in [0.4, 0.5) is 11.6 Å². The molecule has 2 aliphatic rings. The second kappa shape index (κ2) is 6.12. The van der Waals surface area contributed by atoms with Crippen molar-refractivity contribution in [1.82, 2.24) is 29.8 Å². The van der Waals surface area contributed by atoms with E-state index in [1.165, 1.54) is 18.5 Å². The average Bonchev–Trinajstić information content (AvgIpc) is 3.38. The van der Waals surface area contributed by atoms with Crippen LogP contribution in [0.15, 0.2) is 24.5 Å². The Labute approximate surface area is 164 Å². The largest absolute Gasteiger partial charge is 0.353 e. The van der Waals surface area contributed by atoms with Gasteiger partial charge in [-0.25, -0.2) is 9.97 Å². The van der Waals surface area contributed by atoms with Crippen molar-refractivity contribution in [3.63, 3.8) is 0 Å². The summed E-state index contributed by atoms with van der Waals surface area (Å²) in [6, 6.07) is 6.59. The van der Waals surface area contributed by atoms with Gasteiger partial charge in [0.15, 0.2) is 11.5 Å². The number of anilines is 2. The first kappa shape index (κ1) is 17.3. The molecule has 0 bridgehead atoms. The number of aromatic nitrogens is 6. The number of rotatable bonds is 4. The molecule has 4 heterocycles. The van der Waals surface area contributed by atoms with Gasteiger partial charge in [-0.1, -0.05) is 20.8 Å². The SMILES string of the molecule is CN(c1cc(C2CC2)ncn1)C1CN(c2ccc3nnc(C(C)(C)C)n3n2)C1. The van der Waals surface area contributed by atoms with Gasteiger partial charge in [0.2, 0.25) is 0 Å². The van der Waals surface area contributed by atoms with Crippen molar-refractivity contribution in [2.75, 3.05) is 29.9 Å². The fourth-order valence-electron chi connectivity index (χ4n) is 3.65. The van der Waals surface area contributed by atoms with E-state index in [1.807, 2.05) is 16.6 Å². The fraction of sp³-hybridized carbons (Fsp3) is 0.550. The molecule has 1 saturated carbocycles. The maximum Gasteiger partial charge on any atom is 0.178 e. The molecular formula is C20H26N8. The molecule has 2 fully saturated rings. The molecule has 0 aromatic carbocycles. The first-order valence-corrected chi connectivity index (χ1v) is 9.93.